The largest absolute Gasteiger partial charge is 0.487 e. The Balaban J connectivity index is 1.21. The van der Waals surface area contributed by atoms with E-state index in [0.717, 1.165) is 43.7 Å². The molecule has 1 amide bonds. The molecule has 0 bridgehead atoms. The molecule has 5 rings (SSSR count). The number of rotatable bonds is 8. The van der Waals surface area contributed by atoms with Crippen molar-refractivity contribution in [2.24, 2.45) is 5.92 Å². The van der Waals surface area contributed by atoms with E-state index in [2.05, 4.69) is 37.2 Å². The monoisotopic (exact) mass is 595 g/mol. The van der Waals surface area contributed by atoms with Crippen LogP contribution in [0.2, 0.25) is 0 Å². The van der Waals surface area contributed by atoms with Crippen molar-refractivity contribution in [2.75, 3.05) is 36.0 Å². The second-order valence-corrected chi connectivity index (χ2v) is 12.5. The molecular formula is C31H42FN7O4. The van der Waals surface area contributed by atoms with Crippen LogP contribution in [0.1, 0.15) is 70.3 Å². The SMILES string of the molecule is CCc1noc(N2CCC([C@H](C)Oc3cnc(N4CC(NC(=O)OC(C)(C)C)[C@@H](c5cc(C)ccc5F)C4)nc3)CC2)n1. The molecule has 3 aromatic rings. The summed E-state index contributed by atoms with van der Waals surface area (Å²) < 4.78 is 32.1. The molecule has 12 heteroatoms. The van der Waals surface area contributed by atoms with Gasteiger partial charge in [0.15, 0.2) is 11.6 Å². The third-order valence-corrected chi connectivity index (χ3v) is 8.04. The number of aromatic nitrogens is 4. The van der Waals surface area contributed by atoms with Gasteiger partial charge in [0.25, 0.3) is 0 Å². The molecule has 2 aromatic heterocycles. The van der Waals surface area contributed by atoms with Crippen molar-refractivity contribution in [1.82, 2.24) is 25.4 Å². The number of anilines is 2. The molecule has 4 heterocycles. The van der Waals surface area contributed by atoms with Gasteiger partial charge < -0.3 is 29.1 Å². The zero-order valence-electron chi connectivity index (χ0n) is 25.8. The van der Waals surface area contributed by atoms with Crippen molar-refractivity contribution in [3.63, 3.8) is 0 Å². The van der Waals surface area contributed by atoms with E-state index in [-0.39, 0.29) is 17.8 Å². The van der Waals surface area contributed by atoms with Gasteiger partial charge in [-0.15, -0.1) is 0 Å². The number of ether oxygens (including phenoxy) is 2. The standard InChI is InChI=1S/C31H42FN7O4/c1-7-27-36-29(43-37-27)38-12-10-21(11-13-38)20(3)41-22-15-33-28(34-16-22)39-17-24(23-14-19(2)8-9-25(23)32)26(18-39)35-30(40)42-31(4,5)6/h8-9,14-16,20-21,24,26H,7,10-13,17-18H2,1-6H3,(H,35,40)/t20-,24+,26?/m0/s1. The molecule has 43 heavy (non-hydrogen) atoms. The highest BCUT2D eigenvalue weighted by molar-refractivity contribution is 5.68. The molecule has 3 atom stereocenters. The van der Waals surface area contributed by atoms with Crippen LogP contribution in [0.5, 0.6) is 5.75 Å². The van der Waals surface area contributed by atoms with Crippen molar-refractivity contribution in [3.8, 4) is 5.75 Å². The quantitative estimate of drug-likeness (QED) is 0.379. The van der Waals surface area contributed by atoms with Gasteiger partial charge in [-0.25, -0.2) is 19.2 Å². The predicted octanol–water partition coefficient (Wildman–Crippen LogP) is 5.05. The van der Waals surface area contributed by atoms with Gasteiger partial charge in [-0.3, -0.25) is 0 Å². The number of carbonyl (C=O) groups excluding carboxylic acids is 1. The maximum absolute atomic E-state index is 15.0. The number of carbonyl (C=O) groups is 1. The molecule has 232 valence electrons. The third kappa shape index (κ3) is 7.52. The lowest BCUT2D eigenvalue weighted by molar-refractivity contribution is 0.0504. The topological polar surface area (TPSA) is 119 Å². The Morgan fingerprint density at radius 1 is 1.16 bits per heavy atom. The van der Waals surface area contributed by atoms with Gasteiger partial charge in [0.05, 0.1) is 24.5 Å². The Kier molecular flexibility index (Phi) is 9.03. The lowest BCUT2D eigenvalue weighted by Gasteiger charge is -2.33. The number of amides is 1. The first kappa shape index (κ1) is 30.5. The fourth-order valence-electron chi connectivity index (χ4n) is 5.76. The smallest absolute Gasteiger partial charge is 0.407 e. The van der Waals surface area contributed by atoms with Gasteiger partial charge in [-0.2, -0.15) is 4.98 Å². The Bertz CT molecular complexity index is 1390. The van der Waals surface area contributed by atoms with Crippen LogP contribution in [-0.2, 0) is 11.2 Å². The molecular weight excluding hydrogens is 553 g/mol. The lowest BCUT2D eigenvalue weighted by atomic mass is 9.92. The van der Waals surface area contributed by atoms with E-state index >= 15 is 0 Å². The number of benzene rings is 1. The van der Waals surface area contributed by atoms with Crippen LogP contribution >= 0.6 is 0 Å². The molecule has 11 nitrogen and oxygen atoms in total. The van der Waals surface area contributed by atoms with Crippen molar-refractivity contribution >= 4 is 18.1 Å². The van der Waals surface area contributed by atoms with E-state index in [0.29, 0.717) is 42.3 Å². The van der Waals surface area contributed by atoms with E-state index in [1.165, 1.54) is 6.07 Å². The number of hydrogen-bond donors (Lipinski definition) is 1. The summed E-state index contributed by atoms with van der Waals surface area (Å²) in [5, 5.41) is 6.96. The van der Waals surface area contributed by atoms with Crippen molar-refractivity contribution < 1.29 is 23.2 Å². The molecule has 0 radical (unpaired) electrons. The normalized spacial score (nSPS) is 20.3. The maximum Gasteiger partial charge on any atom is 0.407 e. The van der Waals surface area contributed by atoms with Crippen LogP contribution in [-0.4, -0.2) is 70.1 Å². The summed E-state index contributed by atoms with van der Waals surface area (Å²) in [5.41, 5.74) is 0.851. The van der Waals surface area contributed by atoms with E-state index in [1.54, 1.807) is 18.5 Å². The summed E-state index contributed by atoms with van der Waals surface area (Å²) >= 11 is 0. The first-order valence-corrected chi connectivity index (χ1v) is 15.1. The van der Waals surface area contributed by atoms with E-state index in [1.807, 2.05) is 45.6 Å². The van der Waals surface area contributed by atoms with Crippen molar-refractivity contribution in [1.29, 1.82) is 0 Å². The van der Waals surface area contributed by atoms with E-state index in [4.69, 9.17) is 14.0 Å². The van der Waals surface area contributed by atoms with Gasteiger partial charge in [0.1, 0.15) is 11.4 Å². The summed E-state index contributed by atoms with van der Waals surface area (Å²) in [7, 11) is 0. The molecule has 0 aliphatic carbocycles. The third-order valence-electron chi connectivity index (χ3n) is 8.04. The maximum atomic E-state index is 15.0. The molecule has 1 N–H and O–H groups in total. The summed E-state index contributed by atoms with van der Waals surface area (Å²) in [6.07, 6.45) is 5.43. The molecule has 2 aliphatic heterocycles. The van der Waals surface area contributed by atoms with Gasteiger partial charge in [0, 0.05) is 38.5 Å². The Labute approximate surface area is 252 Å². The van der Waals surface area contributed by atoms with Gasteiger partial charge in [-0.05, 0) is 65.0 Å². The zero-order chi connectivity index (χ0) is 30.7. The molecule has 2 aliphatic rings. The van der Waals surface area contributed by atoms with Crippen LogP contribution in [0.3, 0.4) is 0 Å². The number of piperidine rings is 1. The molecule has 2 fully saturated rings. The van der Waals surface area contributed by atoms with Crippen LogP contribution in [0.15, 0.2) is 35.1 Å². The molecule has 1 aromatic carbocycles. The summed E-state index contributed by atoms with van der Waals surface area (Å²) in [4.78, 5) is 30.3. The summed E-state index contributed by atoms with van der Waals surface area (Å²) in [5.74, 6) is 1.56. The summed E-state index contributed by atoms with van der Waals surface area (Å²) in [6, 6.07) is 5.24. The molecule has 1 unspecified atom stereocenters. The minimum atomic E-state index is -0.646. The highest BCUT2D eigenvalue weighted by atomic mass is 19.1. The number of alkyl carbamates (subject to hydrolysis) is 1. The second-order valence-electron chi connectivity index (χ2n) is 12.5. The highest BCUT2D eigenvalue weighted by Crippen LogP contribution is 2.33. The highest BCUT2D eigenvalue weighted by Gasteiger charge is 2.38. The van der Waals surface area contributed by atoms with E-state index < -0.39 is 17.7 Å². The summed E-state index contributed by atoms with van der Waals surface area (Å²) in [6.45, 7) is 13.9. The number of halogens is 1. The molecule has 2 saturated heterocycles. The van der Waals surface area contributed by atoms with E-state index in [9.17, 15) is 9.18 Å². The van der Waals surface area contributed by atoms with Crippen LogP contribution in [0.4, 0.5) is 21.1 Å². The van der Waals surface area contributed by atoms with Crippen LogP contribution in [0.25, 0.3) is 0 Å². The lowest BCUT2D eigenvalue weighted by Crippen LogP contribution is -2.43. The molecule has 0 spiro atoms. The first-order chi connectivity index (χ1) is 20.5. The van der Waals surface area contributed by atoms with Crippen LogP contribution < -0.4 is 19.9 Å². The number of hydrogen-bond acceptors (Lipinski definition) is 10. The van der Waals surface area contributed by atoms with Gasteiger partial charge in [0.2, 0.25) is 5.95 Å². The minimum absolute atomic E-state index is 0.0200. The minimum Gasteiger partial charge on any atom is -0.487 e. The van der Waals surface area contributed by atoms with Crippen LogP contribution in [0, 0.1) is 18.7 Å². The fourth-order valence-corrected chi connectivity index (χ4v) is 5.76. The predicted molar refractivity (Wildman–Crippen MR) is 160 cm³/mol. The number of aryl methyl sites for hydroxylation is 2. The second kappa shape index (κ2) is 12.7. The van der Waals surface area contributed by atoms with Crippen molar-refractivity contribution in [3.05, 3.63) is 53.4 Å². The average molecular weight is 596 g/mol. The number of nitrogens with one attached hydrogen (secondary N) is 1. The van der Waals surface area contributed by atoms with Crippen molar-refractivity contribution in [2.45, 2.75) is 84.5 Å². The Morgan fingerprint density at radius 2 is 1.88 bits per heavy atom. The van der Waals surface area contributed by atoms with Gasteiger partial charge >= 0.3 is 12.1 Å². The first-order valence-electron chi connectivity index (χ1n) is 15.1. The average Bonchev–Trinajstić information content (AvgIpc) is 3.61. The number of nitrogens with zero attached hydrogens (tertiary/aromatic N) is 6. The molecule has 0 saturated carbocycles. The Morgan fingerprint density at radius 3 is 2.53 bits per heavy atom. The zero-order valence-corrected chi connectivity index (χ0v) is 25.8. The van der Waals surface area contributed by atoms with Gasteiger partial charge in [-0.1, -0.05) is 29.8 Å². The Hall–Kier alpha value is -3.96. The fraction of sp³-hybridized carbons (Fsp3) is 0.581.